The van der Waals surface area contributed by atoms with E-state index in [4.69, 9.17) is 5.73 Å². The summed E-state index contributed by atoms with van der Waals surface area (Å²) in [6, 6.07) is 2.15. The van der Waals surface area contributed by atoms with Crippen LogP contribution in [0.3, 0.4) is 0 Å². The summed E-state index contributed by atoms with van der Waals surface area (Å²) < 4.78 is 0. The molecule has 2 N–H and O–H groups in total. The van der Waals surface area contributed by atoms with E-state index in [0.717, 1.165) is 12.6 Å². The van der Waals surface area contributed by atoms with E-state index in [1.165, 1.54) is 25.8 Å². The minimum atomic E-state index is 0.200. The second-order valence-corrected chi connectivity index (χ2v) is 6.98. The van der Waals surface area contributed by atoms with Gasteiger partial charge in [-0.1, -0.05) is 13.8 Å². The third kappa shape index (κ3) is 2.45. The lowest BCUT2D eigenvalue weighted by atomic mass is 9.90. The number of likely N-dealkylation sites (N-methyl/N-ethyl adjacent to an activating group) is 1. The second-order valence-electron chi connectivity index (χ2n) is 6.98. The van der Waals surface area contributed by atoms with Crippen molar-refractivity contribution in [3.8, 4) is 0 Å². The van der Waals surface area contributed by atoms with Crippen LogP contribution in [0.15, 0.2) is 0 Å². The zero-order chi connectivity index (χ0) is 13.5. The first-order valence-corrected chi connectivity index (χ1v) is 7.60. The van der Waals surface area contributed by atoms with Gasteiger partial charge in [-0.25, -0.2) is 0 Å². The molecule has 1 aliphatic carbocycles. The van der Waals surface area contributed by atoms with E-state index in [1.54, 1.807) is 0 Å². The summed E-state index contributed by atoms with van der Waals surface area (Å²) in [7, 11) is 2.28. The zero-order valence-electron chi connectivity index (χ0n) is 12.8. The molecule has 0 spiro atoms. The number of likely N-dealkylation sites (tertiary alicyclic amines) is 1. The van der Waals surface area contributed by atoms with Gasteiger partial charge in [-0.3, -0.25) is 9.80 Å². The molecule has 2 fully saturated rings. The van der Waals surface area contributed by atoms with Crippen molar-refractivity contribution in [3.63, 3.8) is 0 Å². The number of rotatable bonds is 5. The Morgan fingerprint density at radius 2 is 1.94 bits per heavy atom. The molecule has 3 heteroatoms. The SMILES string of the molecule is CC(C)C(C)N(C)C1(CN)CC(C)N(C2CC2)C1. The Balaban J connectivity index is 2.11. The van der Waals surface area contributed by atoms with Crippen molar-refractivity contribution >= 4 is 0 Å². The highest BCUT2D eigenvalue weighted by atomic mass is 15.3. The maximum absolute atomic E-state index is 6.18. The lowest BCUT2D eigenvalue weighted by Crippen LogP contribution is -2.58. The van der Waals surface area contributed by atoms with Crippen molar-refractivity contribution in [1.82, 2.24) is 9.80 Å². The first kappa shape index (κ1) is 14.3. The van der Waals surface area contributed by atoms with Gasteiger partial charge in [0.2, 0.25) is 0 Å². The highest BCUT2D eigenvalue weighted by Crippen LogP contribution is 2.40. The molecule has 1 saturated carbocycles. The van der Waals surface area contributed by atoms with E-state index in [-0.39, 0.29) is 5.54 Å². The van der Waals surface area contributed by atoms with Crippen LogP contribution in [-0.2, 0) is 0 Å². The molecule has 3 nitrogen and oxygen atoms in total. The van der Waals surface area contributed by atoms with Crippen molar-refractivity contribution in [2.45, 2.75) is 70.6 Å². The highest BCUT2D eigenvalue weighted by molar-refractivity contribution is 5.07. The summed E-state index contributed by atoms with van der Waals surface area (Å²) in [6.07, 6.45) is 4.02. The van der Waals surface area contributed by atoms with Gasteiger partial charge in [0.25, 0.3) is 0 Å². The first-order chi connectivity index (χ1) is 8.41. The molecule has 2 rings (SSSR count). The average molecular weight is 253 g/mol. The van der Waals surface area contributed by atoms with E-state index in [1.807, 2.05) is 0 Å². The maximum atomic E-state index is 6.18. The van der Waals surface area contributed by atoms with Crippen LogP contribution >= 0.6 is 0 Å². The molecule has 3 unspecified atom stereocenters. The van der Waals surface area contributed by atoms with Crippen LogP contribution in [-0.4, -0.2) is 53.6 Å². The quantitative estimate of drug-likeness (QED) is 0.812. The van der Waals surface area contributed by atoms with Gasteiger partial charge < -0.3 is 5.73 Å². The fourth-order valence-corrected chi connectivity index (χ4v) is 3.55. The Labute approximate surface area is 113 Å². The Kier molecular flexibility index (Phi) is 4.05. The lowest BCUT2D eigenvalue weighted by Gasteiger charge is -2.43. The fraction of sp³-hybridized carbons (Fsp3) is 1.00. The molecule has 18 heavy (non-hydrogen) atoms. The Morgan fingerprint density at radius 3 is 2.39 bits per heavy atom. The smallest absolute Gasteiger partial charge is 0.0473 e. The first-order valence-electron chi connectivity index (χ1n) is 7.60. The lowest BCUT2D eigenvalue weighted by molar-refractivity contribution is 0.0673. The molecular weight excluding hydrogens is 222 g/mol. The van der Waals surface area contributed by atoms with Crippen LogP contribution in [0, 0.1) is 5.92 Å². The van der Waals surface area contributed by atoms with E-state index in [2.05, 4.69) is 44.5 Å². The van der Waals surface area contributed by atoms with Crippen molar-refractivity contribution < 1.29 is 0 Å². The summed E-state index contributed by atoms with van der Waals surface area (Å²) in [6.45, 7) is 11.3. The predicted molar refractivity (Wildman–Crippen MR) is 77.7 cm³/mol. The summed E-state index contributed by atoms with van der Waals surface area (Å²) in [4.78, 5) is 5.27. The molecular formula is C15H31N3. The molecule has 0 amide bonds. The van der Waals surface area contributed by atoms with Crippen LogP contribution in [0.25, 0.3) is 0 Å². The van der Waals surface area contributed by atoms with Gasteiger partial charge in [0.1, 0.15) is 0 Å². The van der Waals surface area contributed by atoms with Gasteiger partial charge in [-0.05, 0) is 46.1 Å². The summed E-state index contributed by atoms with van der Waals surface area (Å²) in [5.41, 5.74) is 6.38. The predicted octanol–water partition coefficient (Wildman–Crippen LogP) is 1.92. The fourth-order valence-electron chi connectivity index (χ4n) is 3.55. The van der Waals surface area contributed by atoms with Crippen molar-refractivity contribution in [1.29, 1.82) is 0 Å². The van der Waals surface area contributed by atoms with E-state index in [0.29, 0.717) is 18.0 Å². The molecule has 1 saturated heterocycles. The summed E-state index contributed by atoms with van der Waals surface area (Å²) in [5.74, 6) is 0.684. The van der Waals surface area contributed by atoms with Gasteiger partial charge in [0.15, 0.2) is 0 Å². The molecule has 0 aromatic heterocycles. The average Bonchev–Trinajstić information content (AvgIpc) is 3.11. The van der Waals surface area contributed by atoms with E-state index < -0.39 is 0 Å². The van der Waals surface area contributed by atoms with Crippen LogP contribution in [0.2, 0.25) is 0 Å². The highest BCUT2D eigenvalue weighted by Gasteiger charge is 2.49. The molecule has 1 heterocycles. The van der Waals surface area contributed by atoms with Crippen LogP contribution in [0.5, 0.6) is 0 Å². The largest absolute Gasteiger partial charge is 0.329 e. The van der Waals surface area contributed by atoms with Gasteiger partial charge >= 0.3 is 0 Å². The van der Waals surface area contributed by atoms with Crippen LogP contribution < -0.4 is 5.73 Å². The maximum Gasteiger partial charge on any atom is 0.0473 e. The van der Waals surface area contributed by atoms with E-state index in [9.17, 15) is 0 Å². The monoisotopic (exact) mass is 253 g/mol. The normalized spacial score (nSPS) is 35.7. The number of nitrogens with two attached hydrogens (primary N) is 1. The molecule has 0 radical (unpaired) electrons. The number of hydrogen-bond donors (Lipinski definition) is 1. The molecule has 1 aliphatic heterocycles. The third-order valence-electron chi connectivity index (χ3n) is 5.44. The van der Waals surface area contributed by atoms with Crippen molar-refractivity contribution in [3.05, 3.63) is 0 Å². The second kappa shape index (κ2) is 5.10. The number of hydrogen-bond acceptors (Lipinski definition) is 3. The molecule has 0 aromatic rings. The van der Waals surface area contributed by atoms with Crippen LogP contribution in [0.4, 0.5) is 0 Å². The summed E-state index contributed by atoms with van der Waals surface area (Å²) >= 11 is 0. The minimum Gasteiger partial charge on any atom is -0.329 e. The molecule has 0 bridgehead atoms. The van der Waals surface area contributed by atoms with Gasteiger partial charge in [-0.2, -0.15) is 0 Å². The topological polar surface area (TPSA) is 32.5 Å². The van der Waals surface area contributed by atoms with Crippen molar-refractivity contribution in [2.75, 3.05) is 20.1 Å². The summed E-state index contributed by atoms with van der Waals surface area (Å²) in [5, 5.41) is 0. The van der Waals surface area contributed by atoms with E-state index >= 15 is 0 Å². The molecule has 106 valence electrons. The third-order valence-corrected chi connectivity index (χ3v) is 5.44. The Morgan fingerprint density at radius 1 is 1.33 bits per heavy atom. The molecule has 3 atom stereocenters. The van der Waals surface area contributed by atoms with Crippen molar-refractivity contribution in [2.24, 2.45) is 11.7 Å². The zero-order valence-corrected chi connectivity index (χ0v) is 12.8. The Bertz CT molecular complexity index is 287. The molecule has 0 aromatic carbocycles. The standard InChI is InChI=1S/C15H31N3/c1-11(2)13(4)17(5)15(9-16)8-12(3)18(10-15)14-6-7-14/h11-14H,6-10,16H2,1-5H3. The van der Waals surface area contributed by atoms with Gasteiger partial charge in [0, 0.05) is 36.8 Å². The van der Waals surface area contributed by atoms with Gasteiger partial charge in [-0.15, -0.1) is 0 Å². The number of nitrogens with zero attached hydrogens (tertiary/aromatic N) is 2. The van der Waals surface area contributed by atoms with Crippen LogP contribution in [0.1, 0.15) is 47.0 Å². The van der Waals surface area contributed by atoms with Gasteiger partial charge in [0.05, 0.1) is 0 Å². The molecule has 2 aliphatic rings. The minimum absolute atomic E-state index is 0.200. The Hall–Kier alpha value is -0.120.